The summed E-state index contributed by atoms with van der Waals surface area (Å²) in [7, 11) is 3.24. The molecule has 0 unspecified atom stereocenters. The van der Waals surface area contributed by atoms with Crippen LogP contribution in [-0.4, -0.2) is 29.5 Å². The van der Waals surface area contributed by atoms with E-state index in [2.05, 4.69) is 0 Å². The average Bonchev–Trinajstić information content (AvgIpc) is 3.11. The monoisotopic (exact) mass is 386 g/mol. The molecule has 0 atom stereocenters. The van der Waals surface area contributed by atoms with E-state index < -0.39 is 0 Å². The number of carbonyl (C=O) groups excluding carboxylic acids is 1. The smallest absolute Gasteiger partial charge is 0.289 e. The van der Waals surface area contributed by atoms with Crippen LogP contribution in [0.3, 0.4) is 0 Å². The van der Waals surface area contributed by atoms with Crippen LogP contribution in [-0.2, 0) is 13.1 Å². The molecular weight excluding hydrogens is 368 g/mol. The van der Waals surface area contributed by atoms with E-state index in [-0.39, 0.29) is 23.8 Å². The molecule has 2 aromatic heterocycles. The molecular formula is C20H19ClN2O4. The van der Waals surface area contributed by atoms with Crippen molar-refractivity contribution in [2.75, 3.05) is 14.2 Å². The molecule has 0 bridgehead atoms. The summed E-state index contributed by atoms with van der Waals surface area (Å²) in [4.78, 5) is 26.0. The van der Waals surface area contributed by atoms with Crippen LogP contribution in [0.4, 0.5) is 0 Å². The maximum Gasteiger partial charge on any atom is 0.289 e. The number of hydrogen-bond donors (Lipinski definition) is 0. The Morgan fingerprint density at radius 1 is 1.22 bits per heavy atom. The van der Waals surface area contributed by atoms with Gasteiger partial charge < -0.3 is 18.6 Å². The first-order chi connectivity index (χ1) is 13.0. The van der Waals surface area contributed by atoms with Crippen molar-refractivity contribution in [3.8, 4) is 5.75 Å². The highest BCUT2D eigenvalue weighted by atomic mass is 35.5. The van der Waals surface area contributed by atoms with E-state index in [0.717, 1.165) is 5.56 Å². The Kier molecular flexibility index (Phi) is 5.66. The van der Waals surface area contributed by atoms with Gasteiger partial charge in [-0.25, -0.2) is 0 Å². The molecule has 27 heavy (non-hydrogen) atoms. The highest BCUT2D eigenvalue weighted by Gasteiger charge is 2.18. The third kappa shape index (κ3) is 4.41. The Bertz CT molecular complexity index is 1010. The number of pyridine rings is 1. The molecule has 0 fully saturated rings. The standard InChI is InChI=1S/C20H19ClN2O4/c1-22(12-14-11-15(21)6-8-17(14)26-2)20(25)18-9-7-16(27-18)13-23-10-4-3-5-19(23)24/h3-11H,12-13H2,1-2H3. The summed E-state index contributed by atoms with van der Waals surface area (Å²) in [6.07, 6.45) is 1.67. The lowest BCUT2D eigenvalue weighted by molar-refractivity contribution is 0.0750. The first kappa shape index (κ1) is 18.8. The molecule has 0 saturated carbocycles. The van der Waals surface area contributed by atoms with Crippen molar-refractivity contribution < 1.29 is 13.9 Å². The Labute approximate surface area is 161 Å². The number of ether oxygens (including phenoxy) is 1. The van der Waals surface area contributed by atoms with E-state index in [1.165, 1.54) is 15.5 Å². The quantitative estimate of drug-likeness (QED) is 0.651. The average molecular weight is 387 g/mol. The van der Waals surface area contributed by atoms with Crippen LogP contribution in [0.2, 0.25) is 5.02 Å². The van der Waals surface area contributed by atoms with Crippen LogP contribution < -0.4 is 10.3 Å². The van der Waals surface area contributed by atoms with Gasteiger partial charge in [-0.05, 0) is 36.4 Å². The number of methoxy groups -OCH3 is 1. The van der Waals surface area contributed by atoms with Crippen molar-refractivity contribution >= 4 is 17.5 Å². The first-order valence-corrected chi connectivity index (χ1v) is 8.68. The summed E-state index contributed by atoms with van der Waals surface area (Å²) in [5.41, 5.74) is 0.662. The third-order valence-electron chi connectivity index (χ3n) is 4.09. The number of benzene rings is 1. The van der Waals surface area contributed by atoms with Crippen LogP contribution >= 0.6 is 11.6 Å². The van der Waals surface area contributed by atoms with Crippen molar-refractivity contribution in [2.24, 2.45) is 0 Å². The summed E-state index contributed by atoms with van der Waals surface area (Å²) < 4.78 is 12.5. The van der Waals surface area contributed by atoms with E-state index in [9.17, 15) is 9.59 Å². The predicted octanol–water partition coefficient (Wildman–Crippen LogP) is 3.42. The Morgan fingerprint density at radius 3 is 2.78 bits per heavy atom. The third-order valence-corrected chi connectivity index (χ3v) is 4.33. The second-order valence-corrected chi connectivity index (χ2v) is 6.49. The van der Waals surface area contributed by atoms with Gasteiger partial charge in [0.1, 0.15) is 11.5 Å². The number of hydrogen-bond acceptors (Lipinski definition) is 4. The Morgan fingerprint density at radius 2 is 2.04 bits per heavy atom. The molecule has 7 heteroatoms. The van der Waals surface area contributed by atoms with Crippen molar-refractivity contribution in [3.63, 3.8) is 0 Å². The fraction of sp³-hybridized carbons (Fsp3) is 0.200. The summed E-state index contributed by atoms with van der Waals surface area (Å²) >= 11 is 6.04. The lowest BCUT2D eigenvalue weighted by atomic mass is 10.2. The molecule has 0 aliphatic carbocycles. The zero-order valence-electron chi connectivity index (χ0n) is 15.0. The predicted molar refractivity (Wildman–Crippen MR) is 102 cm³/mol. The van der Waals surface area contributed by atoms with Crippen molar-refractivity contribution in [1.82, 2.24) is 9.47 Å². The maximum absolute atomic E-state index is 12.7. The molecule has 3 rings (SSSR count). The molecule has 0 aliphatic rings. The van der Waals surface area contributed by atoms with E-state index in [1.54, 1.807) is 62.8 Å². The normalized spacial score (nSPS) is 10.6. The molecule has 1 aromatic carbocycles. The van der Waals surface area contributed by atoms with Gasteiger partial charge in [0.25, 0.3) is 11.5 Å². The fourth-order valence-electron chi connectivity index (χ4n) is 2.72. The fourth-order valence-corrected chi connectivity index (χ4v) is 2.92. The van der Waals surface area contributed by atoms with Crippen molar-refractivity contribution in [1.29, 1.82) is 0 Å². The number of aromatic nitrogens is 1. The van der Waals surface area contributed by atoms with Gasteiger partial charge >= 0.3 is 0 Å². The van der Waals surface area contributed by atoms with Gasteiger partial charge in [0.15, 0.2) is 5.76 Å². The van der Waals surface area contributed by atoms with E-state index in [4.69, 9.17) is 20.8 Å². The van der Waals surface area contributed by atoms with Gasteiger partial charge in [-0.1, -0.05) is 17.7 Å². The number of rotatable bonds is 6. The van der Waals surface area contributed by atoms with Crippen molar-refractivity contribution in [3.05, 3.63) is 87.2 Å². The summed E-state index contributed by atoms with van der Waals surface area (Å²) in [6.45, 7) is 0.579. The molecule has 0 aliphatic heterocycles. The molecule has 0 N–H and O–H groups in total. The van der Waals surface area contributed by atoms with Gasteiger partial charge in [0.2, 0.25) is 0 Å². The SMILES string of the molecule is COc1ccc(Cl)cc1CN(C)C(=O)c1ccc(Cn2ccccc2=O)o1. The Hall–Kier alpha value is -2.99. The second-order valence-electron chi connectivity index (χ2n) is 6.05. The zero-order valence-corrected chi connectivity index (χ0v) is 15.8. The van der Waals surface area contributed by atoms with Crippen molar-refractivity contribution in [2.45, 2.75) is 13.1 Å². The van der Waals surface area contributed by atoms with Crippen LogP contribution in [0.5, 0.6) is 5.75 Å². The molecule has 6 nitrogen and oxygen atoms in total. The van der Waals surface area contributed by atoms with E-state index in [1.807, 2.05) is 0 Å². The number of halogens is 1. The van der Waals surface area contributed by atoms with E-state index in [0.29, 0.717) is 23.1 Å². The summed E-state index contributed by atoms with van der Waals surface area (Å²) in [5, 5.41) is 0.570. The summed E-state index contributed by atoms with van der Waals surface area (Å²) in [5.74, 6) is 1.11. The van der Waals surface area contributed by atoms with Crippen LogP contribution in [0.1, 0.15) is 21.9 Å². The highest BCUT2D eigenvalue weighted by Crippen LogP contribution is 2.24. The second kappa shape index (κ2) is 8.14. The summed E-state index contributed by atoms with van der Waals surface area (Å²) in [6, 6.07) is 13.5. The number of furan rings is 1. The number of nitrogens with zero attached hydrogens (tertiary/aromatic N) is 2. The lowest BCUT2D eigenvalue weighted by Crippen LogP contribution is -2.26. The lowest BCUT2D eigenvalue weighted by Gasteiger charge is -2.18. The molecule has 0 spiro atoms. The van der Waals surface area contributed by atoms with Gasteiger partial charge in [-0.2, -0.15) is 0 Å². The molecule has 2 heterocycles. The minimum absolute atomic E-state index is 0.132. The number of carbonyl (C=O) groups is 1. The van der Waals surface area contributed by atoms with E-state index >= 15 is 0 Å². The largest absolute Gasteiger partial charge is 0.496 e. The molecule has 1 amide bonds. The van der Waals surface area contributed by atoms with Gasteiger partial charge in [-0.3, -0.25) is 9.59 Å². The molecule has 0 radical (unpaired) electrons. The minimum atomic E-state index is -0.274. The molecule has 3 aromatic rings. The Balaban J connectivity index is 1.73. The van der Waals surface area contributed by atoms with Gasteiger partial charge in [-0.15, -0.1) is 0 Å². The molecule has 140 valence electrons. The highest BCUT2D eigenvalue weighted by molar-refractivity contribution is 6.30. The maximum atomic E-state index is 12.7. The number of amides is 1. The first-order valence-electron chi connectivity index (χ1n) is 8.30. The minimum Gasteiger partial charge on any atom is -0.496 e. The van der Waals surface area contributed by atoms with Crippen LogP contribution in [0.25, 0.3) is 0 Å². The van der Waals surface area contributed by atoms with Crippen LogP contribution in [0.15, 0.2) is 63.9 Å². The molecule has 0 saturated heterocycles. The topological polar surface area (TPSA) is 64.7 Å². The van der Waals surface area contributed by atoms with Gasteiger partial charge in [0.05, 0.1) is 13.7 Å². The van der Waals surface area contributed by atoms with Gasteiger partial charge in [0, 0.05) is 36.4 Å². The zero-order chi connectivity index (χ0) is 19.4. The van der Waals surface area contributed by atoms with Crippen LogP contribution in [0, 0.1) is 0 Å².